The van der Waals surface area contributed by atoms with Gasteiger partial charge in [0.15, 0.2) is 0 Å². The van der Waals surface area contributed by atoms with Crippen molar-refractivity contribution in [3.05, 3.63) is 58.7 Å². The monoisotopic (exact) mass is 494 g/mol. The second kappa shape index (κ2) is 10.2. The molecule has 182 valence electrons. The number of amides is 2. The molecule has 1 atom stereocenters. The molecule has 2 aromatic rings. The van der Waals surface area contributed by atoms with Crippen molar-refractivity contribution in [1.82, 2.24) is 14.8 Å². The van der Waals surface area contributed by atoms with E-state index in [-0.39, 0.29) is 28.6 Å². The zero-order valence-electron chi connectivity index (χ0n) is 18.6. The first kappa shape index (κ1) is 24.3. The minimum Gasteiger partial charge on any atom is -0.352 e. The van der Waals surface area contributed by atoms with E-state index in [4.69, 9.17) is 11.6 Å². The fourth-order valence-electron chi connectivity index (χ4n) is 4.50. The number of pyridine rings is 1. The van der Waals surface area contributed by atoms with Gasteiger partial charge in [0.1, 0.15) is 5.82 Å². The van der Waals surface area contributed by atoms with Gasteiger partial charge in [-0.1, -0.05) is 41.9 Å². The Bertz CT molecular complexity index is 1030. The maximum atomic E-state index is 13.1. The molecule has 0 spiro atoms. The molecule has 1 aromatic heterocycles. The zero-order chi connectivity index (χ0) is 24.3. The van der Waals surface area contributed by atoms with Crippen LogP contribution in [-0.4, -0.2) is 65.9 Å². The maximum Gasteiger partial charge on any atom is 0.417 e. The van der Waals surface area contributed by atoms with E-state index >= 15 is 0 Å². The Morgan fingerprint density at radius 3 is 2.38 bits per heavy atom. The molecule has 0 N–H and O–H groups in total. The van der Waals surface area contributed by atoms with Gasteiger partial charge in [0.2, 0.25) is 11.8 Å². The van der Waals surface area contributed by atoms with Crippen LogP contribution in [0.3, 0.4) is 0 Å². The van der Waals surface area contributed by atoms with Crippen LogP contribution in [0.5, 0.6) is 0 Å². The predicted molar refractivity (Wildman–Crippen MR) is 122 cm³/mol. The van der Waals surface area contributed by atoms with E-state index < -0.39 is 11.7 Å². The summed E-state index contributed by atoms with van der Waals surface area (Å²) in [4.78, 5) is 35.1. The number of benzene rings is 1. The maximum absolute atomic E-state index is 13.1. The highest BCUT2D eigenvalue weighted by Crippen LogP contribution is 2.34. The third-order valence-corrected chi connectivity index (χ3v) is 6.64. The van der Waals surface area contributed by atoms with Crippen LogP contribution in [0, 0.1) is 5.92 Å². The lowest BCUT2D eigenvalue weighted by atomic mass is 9.95. The van der Waals surface area contributed by atoms with Crippen molar-refractivity contribution in [3.8, 4) is 0 Å². The number of carbonyl (C=O) groups is 2. The van der Waals surface area contributed by atoms with Crippen LogP contribution in [-0.2, 0) is 22.2 Å². The van der Waals surface area contributed by atoms with Crippen LogP contribution in [0.4, 0.5) is 19.0 Å². The van der Waals surface area contributed by atoms with Crippen molar-refractivity contribution in [1.29, 1.82) is 0 Å². The predicted octanol–water partition coefficient (Wildman–Crippen LogP) is 3.88. The van der Waals surface area contributed by atoms with E-state index in [0.29, 0.717) is 45.7 Å². The molecule has 3 heterocycles. The lowest BCUT2D eigenvalue weighted by Gasteiger charge is -2.39. The second-order valence-corrected chi connectivity index (χ2v) is 9.09. The van der Waals surface area contributed by atoms with Gasteiger partial charge in [-0.2, -0.15) is 13.2 Å². The summed E-state index contributed by atoms with van der Waals surface area (Å²) in [6, 6.07) is 10.4. The Balaban J connectivity index is 1.32. The van der Waals surface area contributed by atoms with Crippen LogP contribution < -0.4 is 4.90 Å². The topological polar surface area (TPSA) is 56.8 Å². The number of piperidine rings is 1. The summed E-state index contributed by atoms with van der Waals surface area (Å²) in [6.07, 6.45) is -1.89. The highest BCUT2D eigenvalue weighted by Gasteiger charge is 2.34. The van der Waals surface area contributed by atoms with E-state index in [2.05, 4.69) is 4.98 Å². The summed E-state index contributed by atoms with van der Waals surface area (Å²) in [7, 11) is 0. The molecule has 1 unspecified atom stereocenters. The Morgan fingerprint density at radius 2 is 1.74 bits per heavy atom. The number of anilines is 1. The van der Waals surface area contributed by atoms with Crippen molar-refractivity contribution >= 4 is 29.2 Å². The van der Waals surface area contributed by atoms with Gasteiger partial charge in [0.25, 0.3) is 0 Å². The summed E-state index contributed by atoms with van der Waals surface area (Å²) in [5, 5.41) is -0.0607. The number of likely N-dealkylation sites (tertiary alicyclic amines) is 1. The molecule has 2 amide bonds. The van der Waals surface area contributed by atoms with Crippen molar-refractivity contribution in [2.45, 2.75) is 25.4 Å². The molecule has 2 saturated heterocycles. The molecule has 0 aliphatic carbocycles. The Kier molecular flexibility index (Phi) is 7.30. The molecule has 0 saturated carbocycles. The first-order valence-electron chi connectivity index (χ1n) is 11.3. The normalized spacial score (nSPS) is 19.3. The number of carbonyl (C=O) groups excluding carboxylic acids is 2. The fraction of sp³-hybridized carbons (Fsp3) is 0.458. The van der Waals surface area contributed by atoms with E-state index in [1.807, 2.05) is 30.3 Å². The van der Waals surface area contributed by atoms with Gasteiger partial charge in [-0.15, -0.1) is 0 Å². The van der Waals surface area contributed by atoms with Crippen LogP contribution in [0.2, 0.25) is 5.02 Å². The SMILES string of the molecule is O=C(Cc1ccccc1)N1CCCC(C(=O)N2CCN(c3ncc(C(F)(F)F)cc3Cl)CC2)C1. The first-order chi connectivity index (χ1) is 16.2. The van der Waals surface area contributed by atoms with Crippen LogP contribution in [0.25, 0.3) is 0 Å². The summed E-state index contributed by atoms with van der Waals surface area (Å²) >= 11 is 6.07. The van der Waals surface area contributed by atoms with Gasteiger partial charge < -0.3 is 14.7 Å². The Morgan fingerprint density at radius 1 is 1.03 bits per heavy atom. The average Bonchev–Trinajstić information content (AvgIpc) is 2.84. The molecule has 10 heteroatoms. The number of aromatic nitrogens is 1. The lowest BCUT2D eigenvalue weighted by Crippen LogP contribution is -2.53. The molecule has 4 rings (SSSR count). The van der Waals surface area contributed by atoms with E-state index in [1.54, 1.807) is 14.7 Å². The standard InChI is InChI=1S/C24H26ClF3N4O2/c25-20-14-19(24(26,27)28)15-29-22(20)30-9-11-31(12-10-30)23(34)18-7-4-8-32(16-18)21(33)13-17-5-2-1-3-6-17/h1-3,5-6,14-15,18H,4,7-13,16H2. The molecular weight excluding hydrogens is 469 g/mol. The third-order valence-electron chi connectivity index (χ3n) is 6.36. The highest BCUT2D eigenvalue weighted by atomic mass is 35.5. The molecule has 6 nitrogen and oxygen atoms in total. The average molecular weight is 495 g/mol. The number of halogens is 4. The molecule has 2 fully saturated rings. The number of alkyl halides is 3. The van der Waals surface area contributed by atoms with Gasteiger partial charge >= 0.3 is 6.18 Å². The summed E-state index contributed by atoms with van der Waals surface area (Å²) in [5.41, 5.74) is 0.0614. The van der Waals surface area contributed by atoms with E-state index in [9.17, 15) is 22.8 Å². The number of nitrogens with zero attached hydrogens (tertiary/aromatic N) is 4. The van der Waals surface area contributed by atoms with Crippen molar-refractivity contribution in [2.75, 3.05) is 44.2 Å². The van der Waals surface area contributed by atoms with Crippen molar-refractivity contribution in [3.63, 3.8) is 0 Å². The zero-order valence-corrected chi connectivity index (χ0v) is 19.4. The van der Waals surface area contributed by atoms with Gasteiger partial charge in [-0.05, 0) is 24.5 Å². The molecule has 34 heavy (non-hydrogen) atoms. The highest BCUT2D eigenvalue weighted by molar-refractivity contribution is 6.33. The lowest BCUT2D eigenvalue weighted by molar-refractivity contribution is -0.141. The van der Waals surface area contributed by atoms with Gasteiger partial charge in [0.05, 0.1) is 22.9 Å². The van der Waals surface area contributed by atoms with E-state index in [1.165, 1.54) is 0 Å². The smallest absolute Gasteiger partial charge is 0.352 e. The van der Waals surface area contributed by atoms with Crippen LogP contribution in [0.1, 0.15) is 24.0 Å². The van der Waals surface area contributed by atoms with Crippen LogP contribution >= 0.6 is 11.6 Å². The van der Waals surface area contributed by atoms with E-state index in [0.717, 1.165) is 30.7 Å². The van der Waals surface area contributed by atoms with Gasteiger partial charge in [-0.25, -0.2) is 4.98 Å². The number of rotatable bonds is 4. The fourth-order valence-corrected chi connectivity index (χ4v) is 4.79. The third kappa shape index (κ3) is 5.63. The number of hydrogen-bond donors (Lipinski definition) is 0. The quantitative estimate of drug-likeness (QED) is 0.647. The summed E-state index contributed by atoms with van der Waals surface area (Å²) in [5.74, 6) is 0.0878. The van der Waals surface area contributed by atoms with Crippen molar-refractivity contribution in [2.24, 2.45) is 5.92 Å². The second-order valence-electron chi connectivity index (χ2n) is 8.68. The molecule has 1 aromatic carbocycles. The minimum absolute atomic E-state index is 0.0170. The summed E-state index contributed by atoms with van der Waals surface area (Å²) < 4.78 is 38.6. The molecule has 2 aliphatic rings. The number of piperazine rings is 1. The molecular formula is C24H26ClF3N4O2. The number of hydrogen-bond acceptors (Lipinski definition) is 4. The van der Waals surface area contributed by atoms with Gasteiger partial charge in [0, 0.05) is 45.5 Å². The van der Waals surface area contributed by atoms with Gasteiger partial charge in [-0.3, -0.25) is 9.59 Å². The Hall–Kier alpha value is -2.81. The molecule has 2 aliphatic heterocycles. The minimum atomic E-state index is -4.50. The van der Waals surface area contributed by atoms with Crippen LogP contribution in [0.15, 0.2) is 42.6 Å². The Labute approximate surface area is 201 Å². The molecule has 0 bridgehead atoms. The molecule has 0 radical (unpaired) electrons. The van der Waals surface area contributed by atoms with Crippen molar-refractivity contribution < 1.29 is 22.8 Å². The summed E-state index contributed by atoms with van der Waals surface area (Å²) in [6.45, 7) is 2.76. The largest absolute Gasteiger partial charge is 0.417 e. The first-order valence-corrected chi connectivity index (χ1v) is 11.7.